The summed E-state index contributed by atoms with van der Waals surface area (Å²) in [7, 11) is 0. The first-order chi connectivity index (χ1) is 39.5. The summed E-state index contributed by atoms with van der Waals surface area (Å²) in [6.07, 6.45) is 91.6. The molecule has 0 bridgehead atoms. The molecule has 0 rings (SSSR count). The first-order valence-corrected chi connectivity index (χ1v) is 34.2. The van der Waals surface area contributed by atoms with Gasteiger partial charge in [-0.25, -0.2) is 0 Å². The summed E-state index contributed by atoms with van der Waals surface area (Å²) in [6.45, 7) is 6.41. The fourth-order valence-electron chi connectivity index (χ4n) is 9.78. The highest BCUT2D eigenvalue weighted by Gasteiger charge is 2.19. The van der Waals surface area contributed by atoms with Crippen LogP contribution in [0.15, 0.2) is 97.2 Å². The third kappa shape index (κ3) is 65.1. The number of unbranched alkanes of at least 4 members (excludes halogenated alkanes) is 35. The Morgan fingerprint density at radius 3 is 0.787 bits per heavy atom. The molecule has 0 aliphatic rings. The minimum Gasteiger partial charge on any atom is -0.462 e. The van der Waals surface area contributed by atoms with Crippen LogP contribution in [0.5, 0.6) is 0 Å². The highest BCUT2D eigenvalue weighted by atomic mass is 16.6. The van der Waals surface area contributed by atoms with Gasteiger partial charge in [0.25, 0.3) is 0 Å². The van der Waals surface area contributed by atoms with E-state index in [0.717, 1.165) is 122 Å². The van der Waals surface area contributed by atoms with Crippen molar-refractivity contribution in [1.82, 2.24) is 0 Å². The number of rotatable bonds is 62. The number of esters is 3. The average Bonchev–Trinajstić information content (AvgIpc) is 3.46. The summed E-state index contributed by atoms with van der Waals surface area (Å²) >= 11 is 0. The number of hydrogen-bond acceptors (Lipinski definition) is 6. The standard InChI is InChI=1S/C74H128O6/c1-4-7-10-13-16-19-22-25-28-30-32-33-34-35-36-37-38-39-40-42-43-46-49-52-55-58-61-64-67-73(76)79-70-71(69-78-72(75)66-63-60-57-54-51-48-45-27-24-21-18-15-12-9-6-3)80-74(77)68-65-62-59-56-53-50-47-44-41-31-29-26-23-20-17-14-11-8-5-2/h8-9,11-12,17-18,20-21,26-27,29,41,44-45,51,54,71H,4-7,10,13-16,19,22-25,28,30-40,42-43,46-50,52-53,55-70H2,1-3H3/b11-8-,12-9-,20-17-,21-18-,29-26-,44-41-,45-27-,54-51-. The lowest BCUT2D eigenvalue weighted by Crippen LogP contribution is -2.30. The van der Waals surface area contributed by atoms with Crippen molar-refractivity contribution in [2.75, 3.05) is 13.2 Å². The lowest BCUT2D eigenvalue weighted by molar-refractivity contribution is -0.167. The van der Waals surface area contributed by atoms with E-state index >= 15 is 0 Å². The molecule has 0 radical (unpaired) electrons. The Morgan fingerprint density at radius 2 is 0.487 bits per heavy atom. The van der Waals surface area contributed by atoms with E-state index in [-0.39, 0.29) is 31.1 Å². The van der Waals surface area contributed by atoms with Crippen LogP contribution in [-0.2, 0) is 28.6 Å². The van der Waals surface area contributed by atoms with Crippen LogP contribution in [0.3, 0.4) is 0 Å². The number of allylic oxidation sites excluding steroid dienone is 16. The van der Waals surface area contributed by atoms with Gasteiger partial charge in [0.2, 0.25) is 0 Å². The van der Waals surface area contributed by atoms with E-state index < -0.39 is 6.10 Å². The van der Waals surface area contributed by atoms with E-state index in [2.05, 4.69) is 118 Å². The molecule has 0 spiro atoms. The monoisotopic (exact) mass is 1110 g/mol. The van der Waals surface area contributed by atoms with Gasteiger partial charge in [-0.2, -0.15) is 0 Å². The maximum Gasteiger partial charge on any atom is 0.306 e. The number of carbonyl (C=O) groups is 3. The molecule has 0 saturated carbocycles. The first-order valence-electron chi connectivity index (χ1n) is 34.2. The second-order valence-corrected chi connectivity index (χ2v) is 22.7. The highest BCUT2D eigenvalue weighted by Crippen LogP contribution is 2.18. The Bertz CT molecular complexity index is 1560. The molecule has 0 amide bonds. The Kier molecular flexibility index (Phi) is 64.7. The van der Waals surface area contributed by atoms with Crippen molar-refractivity contribution in [3.63, 3.8) is 0 Å². The van der Waals surface area contributed by atoms with Crippen LogP contribution >= 0.6 is 0 Å². The zero-order valence-corrected chi connectivity index (χ0v) is 52.8. The molecule has 0 aliphatic heterocycles. The van der Waals surface area contributed by atoms with Crippen molar-refractivity contribution in [1.29, 1.82) is 0 Å². The topological polar surface area (TPSA) is 78.9 Å². The first kappa shape index (κ1) is 76.3. The van der Waals surface area contributed by atoms with E-state index in [1.165, 1.54) is 173 Å². The Balaban J connectivity index is 4.30. The summed E-state index contributed by atoms with van der Waals surface area (Å²) in [5, 5.41) is 0. The maximum atomic E-state index is 12.9. The maximum absolute atomic E-state index is 12.9. The van der Waals surface area contributed by atoms with Gasteiger partial charge in [0.15, 0.2) is 6.10 Å². The van der Waals surface area contributed by atoms with Gasteiger partial charge in [-0.05, 0) is 96.3 Å². The Morgan fingerprint density at radius 1 is 0.263 bits per heavy atom. The molecule has 80 heavy (non-hydrogen) atoms. The quantitative estimate of drug-likeness (QED) is 0.0261. The van der Waals surface area contributed by atoms with Crippen LogP contribution in [0.1, 0.15) is 335 Å². The van der Waals surface area contributed by atoms with Gasteiger partial charge < -0.3 is 14.2 Å². The summed E-state index contributed by atoms with van der Waals surface area (Å²) in [5.41, 5.74) is 0. The summed E-state index contributed by atoms with van der Waals surface area (Å²) in [6, 6.07) is 0. The van der Waals surface area contributed by atoms with Crippen LogP contribution in [0.25, 0.3) is 0 Å². The fraction of sp³-hybridized carbons (Fsp3) is 0.743. The molecule has 0 aromatic carbocycles. The van der Waals surface area contributed by atoms with Crippen LogP contribution in [0, 0.1) is 0 Å². The molecular formula is C74H128O6. The van der Waals surface area contributed by atoms with Crippen LogP contribution in [0.4, 0.5) is 0 Å². The largest absolute Gasteiger partial charge is 0.462 e. The lowest BCUT2D eigenvalue weighted by atomic mass is 10.0. The molecule has 0 aliphatic carbocycles. The van der Waals surface area contributed by atoms with Crippen LogP contribution < -0.4 is 0 Å². The van der Waals surface area contributed by atoms with Gasteiger partial charge in [0.1, 0.15) is 13.2 Å². The SMILES string of the molecule is CC/C=C\C/C=C\C/C=C\C/C=C\CCCCCCCCC(=O)OC(COC(=O)CCCC/C=C\C/C=C\C/C=C\C/C=C\CC)COC(=O)CCCCCCCCCCCCCCCCCCCCCCCCCCCCCC. The van der Waals surface area contributed by atoms with Crippen molar-refractivity contribution in [3.8, 4) is 0 Å². The van der Waals surface area contributed by atoms with Gasteiger partial charge in [0.05, 0.1) is 0 Å². The predicted molar refractivity (Wildman–Crippen MR) is 348 cm³/mol. The third-order valence-electron chi connectivity index (χ3n) is 14.8. The van der Waals surface area contributed by atoms with Crippen molar-refractivity contribution in [2.45, 2.75) is 341 Å². The third-order valence-corrected chi connectivity index (χ3v) is 14.8. The van der Waals surface area contributed by atoms with Gasteiger partial charge in [-0.1, -0.05) is 317 Å². The van der Waals surface area contributed by atoms with Crippen LogP contribution in [0.2, 0.25) is 0 Å². The van der Waals surface area contributed by atoms with E-state index in [4.69, 9.17) is 14.2 Å². The van der Waals surface area contributed by atoms with E-state index in [1.54, 1.807) is 0 Å². The second-order valence-electron chi connectivity index (χ2n) is 22.7. The number of hydrogen-bond donors (Lipinski definition) is 0. The second kappa shape index (κ2) is 67.8. The summed E-state index contributed by atoms with van der Waals surface area (Å²) < 4.78 is 16.9. The zero-order chi connectivity index (χ0) is 57.8. The summed E-state index contributed by atoms with van der Waals surface area (Å²) in [5.74, 6) is -0.939. The molecule has 0 aromatic heterocycles. The number of carbonyl (C=O) groups excluding carboxylic acids is 3. The normalized spacial score (nSPS) is 12.7. The molecule has 1 unspecified atom stereocenters. The lowest BCUT2D eigenvalue weighted by Gasteiger charge is -2.18. The van der Waals surface area contributed by atoms with E-state index in [0.29, 0.717) is 19.3 Å². The van der Waals surface area contributed by atoms with Gasteiger partial charge in [-0.3, -0.25) is 14.4 Å². The molecule has 0 N–H and O–H groups in total. The fourth-order valence-corrected chi connectivity index (χ4v) is 9.78. The predicted octanol–water partition coefficient (Wildman–Crippen LogP) is 23.6. The molecule has 1 atom stereocenters. The van der Waals surface area contributed by atoms with Gasteiger partial charge >= 0.3 is 17.9 Å². The van der Waals surface area contributed by atoms with E-state index in [9.17, 15) is 14.4 Å². The van der Waals surface area contributed by atoms with Gasteiger partial charge in [0, 0.05) is 19.3 Å². The van der Waals surface area contributed by atoms with Crippen molar-refractivity contribution in [3.05, 3.63) is 97.2 Å². The van der Waals surface area contributed by atoms with Crippen molar-refractivity contribution in [2.24, 2.45) is 0 Å². The highest BCUT2D eigenvalue weighted by molar-refractivity contribution is 5.71. The zero-order valence-electron chi connectivity index (χ0n) is 52.8. The van der Waals surface area contributed by atoms with Crippen LogP contribution in [-0.4, -0.2) is 37.2 Å². The van der Waals surface area contributed by atoms with Crippen molar-refractivity contribution < 1.29 is 28.6 Å². The van der Waals surface area contributed by atoms with Gasteiger partial charge in [-0.15, -0.1) is 0 Å². The average molecular weight is 1110 g/mol. The Hall–Kier alpha value is -3.67. The smallest absolute Gasteiger partial charge is 0.306 e. The molecule has 0 aromatic rings. The summed E-state index contributed by atoms with van der Waals surface area (Å²) in [4.78, 5) is 38.4. The molecular weight excluding hydrogens is 985 g/mol. The number of ether oxygens (including phenoxy) is 3. The minimum atomic E-state index is -0.804. The molecule has 6 heteroatoms. The Labute approximate surface area is 496 Å². The molecule has 0 heterocycles. The van der Waals surface area contributed by atoms with Crippen molar-refractivity contribution >= 4 is 17.9 Å². The minimum absolute atomic E-state index is 0.0947. The molecule has 6 nitrogen and oxygen atoms in total. The van der Waals surface area contributed by atoms with E-state index in [1.807, 2.05) is 0 Å². The molecule has 0 fully saturated rings. The molecule has 0 saturated heterocycles. The molecule has 460 valence electrons.